The molecule has 1 aliphatic rings. The van der Waals surface area contributed by atoms with E-state index in [0.717, 1.165) is 5.56 Å². The van der Waals surface area contributed by atoms with Crippen LogP contribution >= 0.6 is 0 Å². The molecule has 1 fully saturated rings. The Kier molecular flexibility index (Phi) is 7.59. The van der Waals surface area contributed by atoms with Crippen molar-refractivity contribution < 1.29 is 28.7 Å². The van der Waals surface area contributed by atoms with Crippen LogP contribution in [-0.4, -0.2) is 43.5 Å². The van der Waals surface area contributed by atoms with Gasteiger partial charge in [-0.15, -0.1) is 0 Å². The van der Waals surface area contributed by atoms with Crippen molar-refractivity contribution in [3.8, 4) is 0 Å². The molecule has 0 saturated carbocycles. The third-order valence-corrected chi connectivity index (χ3v) is 5.17. The minimum Gasteiger partial charge on any atom is -0.462 e. The lowest BCUT2D eigenvalue weighted by Crippen LogP contribution is -2.32. The van der Waals surface area contributed by atoms with E-state index < -0.39 is 30.4 Å². The minimum absolute atomic E-state index is 0.000494. The Bertz CT molecular complexity index is 974. The Morgan fingerprint density at radius 2 is 1.75 bits per heavy atom. The quantitative estimate of drug-likeness (QED) is 0.636. The van der Waals surface area contributed by atoms with Crippen LogP contribution in [0.3, 0.4) is 0 Å². The van der Waals surface area contributed by atoms with Crippen LogP contribution in [0.25, 0.3) is 0 Å². The number of amides is 2. The predicted molar refractivity (Wildman–Crippen MR) is 117 cm³/mol. The lowest BCUT2D eigenvalue weighted by molar-refractivity contribution is -0.152. The van der Waals surface area contributed by atoms with E-state index in [2.05, 4.69) is 5.32 Å². The summed E-state index contributed by atoms with van der Waals surface area (Å²) in [6.07, 6.45) is 0.000494. The van der Waals surface area contributed by atoms with Crippen molar-refractivity contribution in [2.75, 3.05) is 24.7 Å². The van der Waals surface area contributed by atoms with Gasteiger partial charge < -0.3 is 19.7 Å². The van der Waals surface area contributed by atoms with Crippen LogP contribution in [0, 0.1) is 5.92 Å². The van der Waals surface area contributed by atoms with Crippen LogP contribution in [0.2, 0.25) is 0 Å². The highest BCUT2D eigenvalue weighted by Gasteiger charge is 2.36. The Hall–Kier alpha value is -3.68. The molecule has 0 aromatic heterocycles. The number of ether oxygens (including phenoxy) is 2. The molecule has 8 heteroatoms. The van der Waals surface area contributed by atoms with Crippen molar-refractivity contribution in [3.05, 3.63) is 65.7 Å². The van der Waals surface area contributed by atoms with Crippen LogP contribution in [0.15, 0.2) is 54.6 Å². The maximum atomic E-state index is 12.4. The van der Waals surface area contributed by atoms with Gasteiger partial charge in [0.05, 0.1) is 24.1 Å². The summed E-state index contributed by atoms with van der Waals surface area (Å²) in [6, 6.07) is 15.6. The Balaban J connectivity index is 1.50. The molecule has 0 spiro atoms. The first-order valence-electron chi connectivity index (χ1n) is 10.5. The molecule has 3 rings (SSSR count). The highest BCUT2D eigenvalue weighted by atomic mass is 16.5. The van der Waals surface area contributed by atoms with E-state index >= 15 is 0 Å². The van der Waals surface area contributed by atoms with Crippen molar-refractivity contribution in [2.24, 2.45) is 5.92 Å². The molecule has 1 heterocycles. The zero-order valence-corrected chi connectivity index (χ0v) is 18.1. The fourth-order valence-electron chi connectivity index (χ4n) is 3.47. The number of nitrogens with one attached hydrogen (secondary N) is 1. The van der Waals surface area contributed by atoms with Crippen LogP contribution in [-0.2, 0) is 23.9 Å². The fourth-order valence-corrected chi connectivity index (χ4v) is 3.47. The average Bonchev–Trinajstić information content (AvgIpc) is 3.20. The zero-order valence-electron chi connectivity index (χ0n) is 18.1. The third kappa shape index (κ3) is 5.72. The van der Waals surface area contributed by atoms with Crippen molar-refractivity contribution in [2.45, 2.75) is 26.3 Å². The van der Waals surface area contributed by atoms with Crippen LogP contribution < -0.4 is 10.2 Å². The van der Waals surface area contributed by atoms with Gasteiger partial charge in [0.1, 0.15) is 0 Å². The topological polar surface area (TPSA) is 102 Å². The third-order valence-electron chi connectivity index (χ3n) is 5.17. The molecule has 0 aliphatic carbocycles. The first-order valence-corrected chi connectivity index (χ1v) is 10.5. The van der Waals surface area contributed by atoms with E-state index in [1.165, 1.54) is 4.90 Å². The van der Waals surface area contributed by atoms with Crippen LogP contribution in [0.1, 0.15) is 42.2 Å². The second kappa shape index (κ2) is 10.6. The molecular formula is C24H26N2O6. The summed E-state index contributed by atoms with van der Waals surface area (Å²) in [7, 11) is 0. The Morgan fingerprint density at radius 3 is 2.41 bits per heavy atom. The maximum Gasteiger partial charge on any atom is 0.338 e. The number of anilines is 1. The molecule has 168 valence electrons. The van der Waals surface area contributed by atoms with Gasteiger partial charge in [0.15, 0.2) is 6.61 Å². The molecular weight excluding hydrogens is 412 g/mol. The SMILES string of the molecule is CCOC(=O)c1ccc(N2C[C@H](C(=O)OCC(=O)N[C@@H](C)c3ccccc3)CC2=O)cc1. The summed E-state index contributed by atoms with van der Waals surface area (Å²) in [6.45, 7) is 3.59. The zero-order chi connectivity index (χ0) is 23.1. The number of rotatable bonds is 8. The van der Waals surface area contributed by atoms with Crippen molar-refractivity contribution in [1.82, 2.24) is 5.32 Å². The van der Waals surface area contributed by atoms with Gasteiger partial charge in [0.2, 0.25) is 5.91 Å². The smallest absolute Gasteiger partial charge is 0.338 e. The van der Waals surface area contributed by atoms with Gasteiger partial charge in [0.25, 0.3) is 5.91 Å². The van der Waals surface area contributed by atoms with Gasteiger partial charge in [-0.25, -0.2) is 4.79 Å². The number of hydrogen-bond donors (Lipinski definition) is 1. The summed E-state index contributed by atoms with van der Waals surface area (Å²) in [4.78, 5) is 50.2. The molecule has 1 N–H and O–H groups in total. The number of carbonyl (C=O) groups excluding carboxylic acids is 4. The van der Waals surface area contributed by atoms with Gasteiger partial charge in [-0.3, -0.25) is 14.4 Å². The van der Waals surface area contributed by atoms with Crippen molar-refractivity contribution >= 4 is 29.4 Å². The first kappa shape index (κ1) is 23.0. The predicted octanol–water partition coefficient (Wildman–Crippen LogP) is 2.64. The van der Waals surface area contributed by atoms with E-state index in [0.29, 0.717) is 11.3 Å². The van der Waals surface area contributed by atoms with Gasteiger partial charge in [-0.2, -0.15) is 0 Å². The number of esters is 2. The van der Waals surface area contributed by atoms with Gasteiger partial charge in [-0.1, -0.05) is 30.3 Å². The van der Waals surface area contributed by atoms with E-state index in [1.54, 1.807) is 31.2 Å². The first-order chi connectivity index (χ1) is 15.4. The molecule has 1 aliphatic heterocycles. The largest absolute Gasteiger partial charge is 0.462 e. The standard InChI is InChI=1S/C24H26N2O6/c1-3-31-23(29)18-9-11-20(12-10-18)26-14-19(13-22(26)28)24(30)32-15-21(27)25-16(2)17-7-5-4-6-8-17/h4-12,16,19H,3,13-15H2,1-2H3,(H,25,27)/t16-,19+/m0/s1. The average molecular weight is 438 g/mol. The van der Waals surface area contributed by atoms with Gasteiger partial charge in [0, 0.05) is 18.7 Å². The van der Waals surface area contributed by atoms with Gasteiger partial charge in [-0.05, 0) is 43.7 Å². The second-order valence-corrected chi connectivity index (χ2v) is 7.48. The second-order valence-electron chi connectivity index (χ2n) is 7.48. The van der Waals surface area contributed by atoms with Gasteiger partial charge >= 0.3 is 11.9 Å². The van der Waals surface area contributed by atoms with Crippen LogP contribution in [0.4, 0.5) is 5.69 Å². The number of hydrogen-bond acceptors (Lipinski definition) is 6. The normalized spacial score (nSPS) is 16.4. The molecule has 2 atom stereocenters. The van der Waals surface area contributed by atoms with Crippen molar-refractivity contribution in [3.63, 3.8) is 0 Å². The maximum absolute atomic E-state index is 12.4. The molecule has 2 aromatic carbocycles. The summed E-state index contributed by atoms with van der Waals surface area (Å²) in [5, 5.41) is 2.78. The summed E-state index contributed by atoms with van der Waals surface area (Å²) >= 11 is 0. The minimum atomic E-state index is -0.661. The van der Waals surface area contributed by atoms with E-state index in [9.17, 15) is 19.2 Å². The molecule has 0 radical (unpaired) electrons. The summed E-state index contributed by atoms with van der Waals surface area (Å²) in [5.74, 6) is -2.32. The molecule has 0 bridgehead atoms. The molecule has 2 amide bonds. The summed E-state index contributed by atoms with van der Waals surface area (Å²) in [5.41, 5.74) is 1.90. The highest BCUT2D eigenvalue weighted by molar-refractivity contribution is 6.00. The lowest BCUT2D eigenvalue weighted by atomic mass is 10.1. The number of carbonyl (C=O) groups is 4. The fraction of sp³-hybridized carbons (Fsp3) is 0.333. The Labute approximate surface area is 186 Å². The molecule has 1 saturated heterocycles. The van der Waals surface area contributed by atoms with E-state index in [-0.39, 0.29) is 31.5 Å². The monoisotopic (exact) mass is 438 g/mol. The van der Waals surface area contributed by atoms with Crippen molar-refractivity contribution in [1.29, 1.82) is 0 Å². The van der Waals surface area contributed by atoms with Crippen LogP contribution in [0.5, 0.6) is 0 Å². The molecule has 8 nitrogen and oxygen atoms in total. The highest BCUT2D eigenvalue weighted by Crippen LogP contribution is 2.26. The number of nitrogens with zero attached hydrogens (tertiary/aromatic N) is 1. The number of benzene rings is 2. The molecule has 2 aromatic rings. The lowest BCUT2D eigenvalue weighted by Gasteiger charge is -2.17. The molecule has 0 unspecified atom stereocenters. The van der Waals surface area contributed by atoms with E-state index in [1.807, 2.05) is 37.3 Å². The molecule has 32 heavy (non-hydrogen) atoms. The summed E-state index contributed by atoms with van der Waals surface area (Å²) < 4.78 is 10.1. The Morgan fingerprint density at radius 1 is 1.06 bits per heavy atom. The van der Waals surface area contributed by atoms with E-state index in [4.69, 9.17) is 9.47 Å².